The van der Waals surface area contributed by atoms with Crippen molar-refractivity contribution in [3.63, 3.8) is 0 Å². The van der Waals surface area contributed by atoms with E-state index in [9.17, 15) is 9.59 Å². The topological polar surface area (TPSA) is 55.4 Å². The molecule has 21 heavy (non-hydrogen) atoms. The van der Waals surface area contributed by atoms with Gasteiger partial charge >= 0.3 is 0 Å². The highest BCUT2D eigenvalue weighted by molar-refractivity contribution is 8.14. The van der Waals surface area contributed by atoms with Gasteiger partial charge in [0.15, 0.2) is 5.78 Å². The van der Waals surface area contributed by atoms with Crippen LogP contribution in [0.4, 0.5) is 10.5 Å². The van der Waals surface area contributed by atoms with Gasteiger partial charge in [-0.2, -0.15) is 0 Å². The van der Waals surface area contributed by atoms with Gasteiger partial charge in [0.1, 0.15) is 5.75 Å². The molecule has 5 heteroatoms. The number of hydrogen-bond donors (Lipinski definition) is 1. The largest absolute Gasteiger partial charge is 0.497 e. The minimum Gasteiger partial charge on any atom is -0.497 e. The molecule has 2 aromatic rings. The van der Waals surface area contributed by atoms with Gasteiger partial charge in [-0.15, -0.1) is 0 Å². The maximum Gasteiger partial charge on any atom is 0.283 e. The molecule has 0 aliphatic heterocycles. The van der Waals surface area contributed by atoms with Crippen LogP contribution in [-0.2, 0) is 0 Å². The first kappa shape index (κ1) is 15.1. The summed E-state index contributed by atoms with van der Waals surface area (Å²) >= 11 is 0.953. The molecular formula is C16H15NO3S. The number of carbonyl (C=O) groups is 2. The van der Waals surface area contributed by atoms with Gasteiger partial charge in [0, 0.05) is 11.3 Å². The molecular weight excluding hydrogens is 286 g/mol. The lowest BCUT2D eigenvalue weighted by Gasteiger charge is -2.05. The highest BCUT2D eigenvalue weighted by Gasteiger charge is 2.10. The predicted molar refractivity (Wildman–Crippen MR) is 85.2 cm³/mol. The van der Waals surface area contributed by atoms with Gasteiger partial charge in [0.25, 0.3) is 5.24 Å². The smallest absolute Gasteiger partial charge is 0.283 e. The fraction of sp³-hybridized carbons (Fsp3) is 0.125. The van der Waals surface area contributed by atoms with E-state index in [2.05, 4.69) is 5.32 Å². The van der Waals surface area contributed by atoms with E-state index in [1.165, 1.54) is 0 Å². The molecule has 0 heterocycles. The van der Waals surface area contributed by atoms with E-state index in [1.807, 2.05) is 18.2 Å². The first-order valence-corrected chi connectivity index (χ1v) is 7.33. The van der Waals surface area contributed by atoms with Gasteiger partial charge in [-0.3, -0.25) is 9.59 Å². The molecule has 0 fully saturated rings. The fourth-order valence-corrected chi connectivity index (χ4v) is 2.29. The summed E-state index contributed by atoms with van der Waals surface area (Å²) < 4.78 is 5.03. The molecule has 0 saturated heterocycles. The van der Waals surface area contributed by atoms with E-state index in [4.69, 9.17) is 4.74 Å². The zero-order valence-corrected chi connectivity index (χ0v) is 12.4. The Morgan fingerprint density at radius 3 is 2.33 bits per heavy atom. The van der Waals surface area contributed by atoms with Crippen LogP contribution in [0.1, 0.15) is 10.4 Å². The Labute approximate surface area is 127 Å². The maximum atomic E-state index is 12.0. The number of methoxy groups -OCH3 is 1. The summed E-state index contributed by atoms with van der Waals surface area (Å²) in [5.41, 5.74) is 1.28. The molecule has 0 radical (unpaired) electrons. The van der Waals surface area contributed by atoms with Crippen LogP contribution in [0.3, 0.4) is 0 Å². The van der Waals surface area contributed by atoms with E-state index >= 15 is 0 Å². The van der Waals surface area contributed by atoms with Crippen molar-refractivity contribution in [1.29, 1.82) is 0 Å². The number of ketones is 1. The summed E-state index contributed by atoms with van der Waals surface area (Å²) in [5.74, 6) is 0.706. The fourth-order valence-electron chi connectivity index (χ4n) is 1.67. The number of para-hydroxylation sites is 1. The van der Waals surface area contributed by atoms with Crippen LogP contribution in [0, 0.1) is 0 Å². The van der Waals surface area contributed by atoms with E-state index in [0.29, 0.717) is 17.0 Å². The standard InChI is InChI=1S/C16H15NO3S/c1-20-14-9-7-12(8-10-14)15(18)11-21-16(19)17-13-5-3-2-4-6-13/h2-10H,11H2,1H3,(H,17,19). The van der Waals surface area contributed by atoms with Crippen LogP contribution in [0.5, 0.6) is 5.75 Å². The summed E-state index contributed by atoms with van der Waals surface area (Å²) in [7, 11) is 1.57. The number of Topliss-reactive ketones (excluding diaryl/α,β-unsaturated/α-hetero) is 1. The minimum absolute atomic E-state index is 0.0918. The number of anilines is 1. The van der Waals surface area contributed by atoms with Crippen molar-refractivity contribution in [3.8, 4) is 5.75 Å². The van der Waals surface area contributed by atoms with Crippen molar-refractivity contribution in [2.45, 2.75) is 0 Å². The lowest BCUT2D eigenvalue weighted by Crippen LogP contribution is -2.10. The summed E-state index contributed by atoms with van der Waals surface area (Å²) in [6.07, 6.45) is 0. The Kier molecular flexibility index (Phi) is 5.40. The molecule has 0 unspecified atom stereocenters. The third-order valence-electron chi connectivity index (χ3n) is 2.77. The second-order valence-electron chi connectivity index (χ2n) is 4.22. The zero-order chi connectivity index (χ0) is 15.1. The number of amides is 1. The minimum atomic E-state index is -0.247. The number of benzene rings is 2. The number of nitrogens with one attached hydrogen (secondary N) is 1. The van der Waals surface area contributed by atoms with Crippen LogP contribution in [0.25, 0.3) is 0 Å². The number of rotatable bonds is 5. The molecule has 1 amide bonds. The molecule has 2 aromatic carbocycles. The van der Waals surface area contributed by atoms with E-state index in [-0.39, 0.29) is 16.8 Å². The van der Waals surface area contributed by atoms with Gasteiger partial charge in [-0.25, -0.2) is 0 Å². The third-order valence-corrected chi connectivity index (χ3v) is 3.54. The van der Waals surface area contributed by atoms with Gasteiger partial charge in [0.05, 0.1) is 12.9 Å². The zero-order valence-electron chi connectivity index (χ0n) is 11.5. The number of hydrogen-bond acceptors (Lipinski definition) is 4. The Morgan fingerprint density at radius 2 is 1.71 bits per heavy atom. The van der Waals surface area contributed by atoms with Crippen molar-refractivity contribution >= 4 is 28.5 Å². The second-order valence-corrected chi connectivity index (χ2v) is 5.17. The van der Waals surface area contributed by atoms with Gasteiger partial charge in [-0.05, 0) is 36.4 Å². The molecule has 4 nitrogen and oxygen atoms in total. The summed E-state index contributed by atoms with van der Waals surface area (Å²) in [5, 5.41) is 2.47. The average molecular weight is 301 g/mol. The van der Waals surface area contributed by atoms with E-state index < -0.39 is 0 Å². The van der Waals surface area contributed by atoms with Crippen LogP contribution < -0.4 is 10.1 Å². The molecule has 0 bridgehead atoms. The second kappa shape index (κ2) is 7.50. The van der Waals surface area contributed by atoms with Gasteiger partial charge < -0.3 is 10.1 Å². The predicted octanol–water partition coefficient (Wildman–Crippen LogP) is 3.84. The molecule has 0 atom stereocenters. The first-order valence-electron chi connectivity index (χ1n) is 6.35. The van der Waals surface area contributed by atoms with Crippen LogP contribution in [0.2, 0.25) is 0 Å². The monoisotopic (exact) mass is 301 g/mol. The Morgan fingerprint density at radius 1 is 1.05 bits per heavy atom. The lowest BCUT2D eigenvalue weighted by atomic mass is 10.1. The van der Waals surface area contributed by atoms with Crippen LogP contribution in [0.15, 0.2) is 54.6 Å². The molecule has 1 N–H and O–H groups in total. The molecule has 0 aliphatic rings. The van der Waals surface area contributed by atoms with Gasteiger partial charge in [-0.1, -0.05) is 30.0 Å². The van der Waals surface area contributed by atoms with E-state index in [1.54, 1.807) is 43.5 Å². The SMILES string of the molecule is COc1ccc(C(=O)CSC(=O)Nc2ccccc2)cc1. The first-order chi connectivity index (χ1) is 10.2. The van der Waals surface area contributed by atoms with Crippen molar-refractivity contribution in [2.75, 3.05) is 18.2 Å². The normalized spacial score (nSPS) is 9.95. The lowest BCUT2D eigenvalue weighted by molar-refractivity contribution is 0.102. The molecule has 0 saturated carbocycles. The summed E-state index contributed by atoms with van der Waals surface area (Å²) in [4.78, 5) is 23.7. The Balaban J connectivity index is 1.84. The van der Waals surface area contributed by atoms with Crippen molar-refractivity contribution in [2.24, 2.45) is 0 Å². The molecule has 0 aliphatic carbocycles. The van der Waals surface area contributed by atoms with Crippen molar-refractivity contribution in [3.05, 3.63) is 60.2 Å². The molecule has 0 spiro atoms. The molecule has 2 rings (SSSR count). The van der Waals surface area contributed by atoms with E-state index in [0.717, 1.165) is 11.8 Å². The Hall–Kier alpha value is -2.27. The maximum absolute atomic E-state index is 12.0. The number of thioether (sulfide) groups is 1. The van der Waals surface area contributed by atoms with Crippen LogP contribution >= 0.6 is 11.8 Å². The molecule has 0 aromatic heterocycles. The molecule has 108 valence electrons. The quantitative estimate of drug-likeness (QED) is 0.852. The Bertz CT molecular complexity index is 611. The third kappa shape index (κ3) is 4.65. The number of carbonyl (C=O) groups excluding carboxylic acids is 2. The van der Waals surface area contributed by atoms with Crippen molar-refractivity contribution < 1.29 is 14.3 Å². The van der Waals surface area contributed by atoms with Crippen molar-refractivity contribution in [1.82, 2.24) is 0 Å². The highest BCUT2D eigenvalue weighted by atomic mass is 32.2. The van der Waals surface area contributed by atoms with Crippen LogP contribution in [-0.4, -0.2) is 23.9 Å². The highest BCUT2D eigenvalue weighted by Crippen LogP contribution is 2.15. The number of ether oxygens (including phenoxy) is 1. The summed E-state index contributed by atoms with van der Waals surface area (Å²) in [6.45, 7) is 0. The van der Waals surface area contributed by atoms with Gasteiger partial charge in [0.2, 0.25) is 0 Å². The average Bonchev–Trinajstić information content (AvgIpc) is 2.53. The summed E-state index contributed by atoms with van der Waals surface area (Å²) in [6, 6.07) is 16.0.